The Labute approximate surface area is 462 Å². The minimum absolute atomic E-state index is 0.0223. The summed E-state index contributed by atoms with van der Waals surface area (Å²) >= 11 is 5.49. The predicted octanol–water partition coefficient (Wildman–Crippen LogP) is 2.74. The lowest BCUT2D eigenvalue weighted by molar-refractivity contribution is -0.143. The molecule has 0 aromatic carbocycles. The van der Waals surface area contributed by atoms with E-state index in [9.17, 15) is 53.4 Å². The van der Waals surface area contributed by atoms with Crippen molar-refractivity contribution in [1.29, 1.82) is 0 Å². The van der Waals surface area contributed by atoms with Crippen molar-refractivity contribution in [1.82, 2.24) is 36.8 Å². The third-order valence-electron chi connectivity index (χ3n) is 11.4. The van der Waals surface area contributed by atoms with Crippen LogP contribution in [0.15, 0.2) is 0 Å². The number of rotatable bonds is 38. The van der Waals surface area contributed by atoms with E-state index in [1.165, 1.54) is 94.8 Å². The maximum absolute atomic E-state index is 13.5. The van der Waals surface area contributed by atoms with Crippen molar-refractivity contribution in [2.45, 2.75) is 128 Å². The van der Waals surface area contributed by atoms with Gasteiger partial charge in [-0.3, -0.25) is 38.4 Å². The number of aliphatic carboxylic acids is 2. The molecule has 0 heterocycles. The molecule has 73 heavy (non-hydrogen) atoms. The fraction of sp³-hybridized carbons (Fsp3) is 0.812. The van der Waals surface area contributed by atoms with Crippen molar-refractivity contribution in [2.75, 3.05) is 112 Å². The van der Waals surface area contributed by atoms with Gasteiger partial charge in [0.2, 0.25) is 41.4 Å². The summed E-state index contributed by atoms with van der Waals surface area (Å²) in [4.78, 5) is 111. The Morgan fingerprint density at radius 3 is 1.40 bits per heavy atom. The van der Waals surface area contributed by atoms with Gasteiger partial charge in [0.1, 0.15) is 25.3 Å². The molecular weight excluding hydrogens is 1200 g/mol. The minimum atomic E-state index is -1.33. The van der Waals surface area contributed by atoms with E-state index in [1.807, 2.05) is 45.2 Å². The van der Waals surface area contributed by atoms with Crippen LogP contribution in [-0.2, 0) is 62.1 Å². The van der Waals surface area contributed by atoms with Crippen molar-refractivity contribution in [2.24, 2.45) is 5.92 Å². The van der Waals surface area contributed by atoms with Crippen LogP contribution < -0.4 is 31.9 Å². The van der Waals surface area contributed by atoms with Gasteiger partial charge in [0.05, 0.1) is 54.2 Å². The van der Waals surface area contributed by atoms with Crippen molar-refractivity contribution in [3.63, 3.8) is 0 Å². The summed E-state index contributed by atoms with van der Waals surface area (Å²) in [7, 11) is 0. The summed E-state index contributed by atoms with van der Waals surface area (Å²) in [5, 5.41) is 34.4. The molecule has 8 N–H and O–H groups in total. The van der Waals surface area contributed by atoms with Crippen LogP contribution in [-0.4, -0.2) is 193 Å². The fourth-order valence-corrected chi connectivity index (χ4v) is 9.15. The van der Waals surface area contributed by atoms with E-state index in [0.29, 0.717) is 18.2 Å². The molecule has 0 bridgehead atoms. The number of thioether (sulfide) groups is 1. The number of halogens is 2. The molecule has 1 saturated carbocycles. The summed E-state index contributed by atoms with van der Waals surface area (Å²) in [6, 6.07) is -2.55. The van der Waals surface area contributed by atoms with E-state index in [4.69, 9.17) is 18.9 Å². The lowest BCUT2D eigenvalue weighted by Crippen LogP contribution is -2.52. The van der Waals surface area contributed by atoms with Crippen molar-refractivity contribution in [3.05, 3.63) is 0 Å². The second-order valence-electron chi connectivity index (χ2n) is 17.6. The lowest BCUT2D eigenvalue weighted by atomic mass is 9.96. The number of carbonyl (C=O) groups excluding carboxylic acids is 7. The maximum Gasteiger partial charge on any atom is 0.326 e. The van der Waals surface area contributed by atoms with Gasteiger partial charge in [-0.05, 0) is 37.4 Å². The second-order valence-corrected chi connectivity index (χ2v) is 20.1. The zero-order chi connectivity index (χ0) is 53.7. The number of carboxylic acid groups (broad SMARTS) is 2. The first kappa shape index (κ1) is 67.9. The Bertz CT molecular complexity index is 1570. The molecule has 2 atom stereocenters. The van der Waals surface area contributed by atoms with Crippen LogP contribution in [0.3, 0.4) is 0 Å². The highest BCUT2D eigenvalue weighted by Crippen LogP contribution is 2.24. The third kappa shape index (κ3) is 39.9. The topological polar surface area (TPSA) is 306 Å². The van der Waals surface area contributed by atoms with Crippen LogP contribution in [0.4, 0.5) is 0 Å². The fourth-order valence-electron chi connectivity index (χ4n) is 7.53. The highest BCUT2D eigenvalue weighted by atomic mass is 127. The first-order valence-electron chi connectivity index (χ1n) is 25.6. The number of nitrogens with zero attached hydrogens (tertiary/aromatic N) is 1. The summed E-state index contributed by atoms with van der Waals surface area (Å²) in [5.41, 5.74) is 0. The largest absolute Gasteiger partial charge is 0.481 e. The number of carbonyl (C=O) groups is 9. The van der Waals surface area contributed by atoms with Gasteiger partial charge in [-0.15, -0.1) is 0 Å². The van der Waals surface area contributed by atoms with Crippen molar-refractivity contribution in [3.8, 4) is 0 Å². The number of amides is 7. The van der Waals surface area contributed by atoms with Crippen LogP contribution in [0.1, 0.15) is 116 Å². The molecule has 0 saturated heterocycles. The number of hydrogen-bond acceptors (Lipinski definition) is 14. The van der Waals surface area contributed by atoms with E-state index < -0.39 is 67.3 Å². The molecule has 1 fully saturated rings. The maximum atomic E-state index is 13.5. The lowest BCUT2D eigenvalue weighted by Gasteiger charge is -2.28. The molecule has 420 valence electrons. The van der Waals surface area contributed by atoms with Crippen LogP contribution in [0.5, 0.6) is 0 Å². The Morgan fingerprint density at radius 2 is 0.932 bits per heavy atom. The van der Waals surface area contributed by atoms with E-state index >= 15 is 0 Å². The molecule has 0 aromatic rings. The zero-order valence-electron chi connectivity index (χ0n) is 42.5. The minimum Gasteiger partial charge on any atom is -0.481 e. The van der Waals surface area contributed by atoms with Gasteiger partial charge < -0.3 is 66.0 Å². The SMILES string of the molecule is O=C(O)CC[C@@H](NC(=O)COCCOCCNC(=O)CCC(NC(=O)COCCOCCNC(=O)CSCC1CCCCCCCCCCCCCC1)C(=O)O)C(=O)N(CCNC(=O)CI)CCNC(=O)CI. The molecule has 1 aliphatic rings. The Balaban J connectivity index is 2.25. The summed E-state index contributed by atoms with van der Waals surface area (Å²) in [6.07, 6.45) is 17.5. The van der Waals surface area contributed by atoms with Gasteiger partial charge in [0.25, 0.3) is 0 Å². The van der Waals surface area contributed by atoms with E-state index in [-0.39, 0.29) is 118 Å². The normalized spacial score (nSPS) is 14.8. The van der Waals surface area contributed by atoms with E-state index in [2.05, 4.69) is 31.9 Å². The van der Waals surface area contributed by atoms with Crippen molar-refractivity contribution < 1.29 is 72.3 Å². The molecular formula is C48H83I2N7O15S. The van der Waals surface area contributed by atoms with Gasteiger partial charge in [0, 0.05) is 52.1 Å². The number of carboxylic acids is 2. The van der Waals surface area contributed by atoms with Crippen molar-refractivity contribution >= 4 is 110 Å². The number of ether oxygens (including phenoxy) is 4. The monoisotopic (exact) mass is 1280 g/mol. The second kappa shape index (κ2) is 46.2. The smallest absolute Gasteiger partial charge is 0.326 e. The van der Waals surface area contributed by atoms with E-state index in [1.54, 1.807) is 11.8 Å². The molecule has 22 nitrogen and oxygen atoms in total. The molecule has 0 aromatic heterocycles. The van der Waals surface area contributed by atoms with E-state index in [0.717, 1.165) is 5.75 Å². The average molecular weight is 1280 g/mol. The van der Waals surface area contributed by atoms with Gasteiger partial charge in [-0.25, -0.2) is 4.79 Å². The van der Waals surface area contributed by atoms with Crippen LogP contribution in [0.25, 0.3) is 0 Å². The Hall–Kier alpha value is -3.12. The highest BCUT2D eigenvalue weighted by molar-refractivity contribution is 14.1. The molecule has 0 aliphatic heterocycles. The summed E-state index contributed by atoms with van der Waals surface area (Å²) < 4.78 is 22.0. The molecule has 0 radical (unpaired) electrons. The quantitative estimate of drug-likeness (QED) is 0.0250. The molecule has 0 spiro atoms. The molecule has 1 unspecified atom stereocenters. The molecule has 1 rings (SSSR count). The zero-order valence-corrected chi connectivity index (χ0v) is 47.6. The molecule has 1 aliphatic carbocycles. The number of nitrogens with one attached hydrogen (secondary N) is 6. The summed E-state index contributed by atoms with van der Waals surface area (Å²) in [6.45, 7) is 0.441. The molecule has 7 amide bonds. The van der Waals surface area contributed by atoms with Gasteiger partial charge in [-0.2, -0.15) is 11.8 Å². The average Bonchev–Trinajstić information content (AvgIpc) is 3.37. The van der Waals surface area contributed by atoms with Crippen LogP contribution in [0.2, 0.25) is 0 Å². The van der Waals surface area contributed by atoms with Gasteiger partial charge >= 0.3 is 11.9 Å². The first-order valence-corrected chi connectivity index (χ1v) is 29.9. The summed E-state index contributed by atoms with van der Waals surface area (Å²) in [5.74, 6) is -3.33. The number of alkyl halides is 2. The highest BCUT2D eigenvalue weighted by Gasteiger charge is 2.27. The van der Waals surface area contributed by atoms with Gasteiger partial charge in [-0.1, -0.05) is 122 Å². The van der Waals surface area contributed by atoms with Crippen LogP contribution in [0, 0.1) is 5.92 Å². The first-order chi connectivity index (χ1) is 35.2. The predicted molar refractivity (Wildman–Crippen MR) is 293 cm³/mol. The number of hydrogen-bond donors (Lipinski definition) is 8. The molecule has 25 heteroatoms. The standard InChI is InChI=1S/C48H83I2N7O15S/c49-31-41(59)51-19-23-57(24-20-52-42(60)32-50)47(66)38(16-18-46(64)65)55-43(61)33-71-29-27-69-25-21-53-40(58)17-15-39(48(67)68)56-44(62)34-72-30-28-70-26-22-54-45(63)36-73-35-37-13-11-9-7-5-3-1-2-4-6-8-10-12-14-37/h37-39H,1-36H2,(H,51,59)(H,52,60)(H,53,58)(H,54,63)(H,55,61)(H,56,62)(H,64,65)(H,67,68)/t38-,39?/m1/s1. The van der Waals surface area contributed by atoms with Gasteiger partial charge in [0.15, 0.2) is 0 Å². The Kier molecular flexibility index (Phi) is 43.0. The van der Waals surface area contributed by atoms with Crippen LogP contribution >= 0.6 is 56.9 Å². The Morgan fingerprint density at radius 1 is 0.507 bits per heavy atom. The third-order valence-corrected chi connectivity index (χ3v) is 14.0.